The molecule has 6 aromatic carbocycles. The second-order valence-corrected chi connectivity index (χ2v) is 10.9. The van der Waals surface area contributed by atoms with E-state index in [2.05, 4.69) is 95.2 Å². The second-order valence-electron chi connectivity index (χ2n) is 10.9. The molecule has 3 heterocycles. The third-order valence-electron chi connectivity index (χ3n) is 8.37. The summed E-state index contributed by atoms with van der Waals surface area (Å²) in [5.74, 6) is 1.42. The highest BCUT2D eigenvalue weighted by Gasteiger charge is 2.24. The molecule has 1 aliphatic heterocycles. The van der Waals surface area contributed by atoms with Crippen molar-refractivity contribution < 1.29 is 4.42 Å². The van der Waals surface area contributed by atoms with Crippen LogP contribution in [-0.2, 0) is 0 Å². The molecular formula is C38H24N4O. The Labute approximate surface area is 246 Å². The minimum atomic E-state index is -0.302. The van der Waals surface area contributed by atoms with Crippen molar-refractivity contribution in [3.8, 4) is 0 Å². The number of hydrogen-bond acceptors (Lipinski definition) is 5. The average Bonchev–Trinajstić information content (AvgIpc) is 3.47. The topological polar surface area (TPSA) is 62.8 Å². The smallest absolute Gasteiger partial charge is 0.159 e. The van der Waals surface area contributed by atoms with E-state index in [9.17, 15) is 0 Å². The molecule has 1 N–H and O–H groups in total. The fourth-order valence-corrected chi connectivity index (χ4v) is 6.33. The summed E-state index contributed by atoms with van der Waals surface area (Å²) in [6.07, 6.45) is 1.49. The van der Waals surface area contributed by atoms with Gasteiger partial charge < -0.3 is 9.73 Å². The number of aliphatic imine (C=N–C) groups is 2. The van der Waals surface area contributed by atoms with Crippen LogP contribution in [0.25, 0.3) is 54.4 Å². The molecule has 0 radical (unpaired) electrons. The van der Waals surface area contributed by atoms with Crippen LogP contribution < -0.4 is 5.32 Å². The Hall–Kier alpha value is -5.81. The first-order valence-corrected chi connectivity index (χ1v) is 14.4. The predicted octanol–water partition coefficient (Wildman–Crippen LogP) is 8.94. The number of benzene rings is 6. The highest BCUT2D eigenvalue weighted by Crippen LogP contribution is 2.34. The summed E-state index contributed by atoms with van der Waals surface area (Å²) in [5, 5.41) is 11.9. The Bertz CT molecular complexity index is 2440. The van der Waals surface area contributed by atoms with Crippen LogP contribution in [0.1, 0.15) is 22.9 Å². The van der Waals surface area contributed by atoms with Crippen LogP contribution in [0.2, 0.25) is 0 Å². The van der Waals surface area contributed by atoms with E-state index in [1.807, 2.05) is 42.5 Å². The van der Waals surface area contributed by atoms with Crippen molar-refractivity contribution >= 4 is 66.1 Å². The molecule has 0 amide bonds. The van der Waals surface area contributed by atoms with E-state index in [0.29, 0.717) is 5.84 Å². The minimum absolute atomic E-state index is 0.302. The number of pyridine rings is 1. The van der Waals surface area contributed by atoms with Crippen molar-refractivity contribution in [3.63, 3.8) is 0 Å². The van der Waals surface area contributed by atoms with Gasteiger partial charge in [-0.05, 0) is 62.1 Å². The first-order valence-electron chi connectivity index (χ1n) is 14.4. The lowest BCUT2D eigenvalue weighted by Crippen LogP contribution is -2.33. The van der Waals surface area contributed by atoms with Crippen LogP contribution in [0.3, 0.4) is 0 Å². The third kappa shape index (κ3) is 3.82. The maximum Gasteiger partial charge on any atom is 0.159 e. The zero-order valence-corrected chi connectivity index (χ0v) is 23.0. The fourth-order valence-electron chi connectivity index (χ4n) is 6.33. The SMILES string of the molecule is c1ccc(C2N=C(c3ccc4c(ccc5c6ccccc6ccc45)c3)N=C(c3cccc4oc5cccnc5c34)N2)cc1. The van der Waals surface area contributed by atoms with Crippen LogP contribution >= 0.6 is 0 Å². The molecule has 1 aliphatic rings. The van der Waals surface area contributed by atoms with Gasteiger partial charge in [-0.15, -0.1) is 0 Å². The summed E-state index contributed by atoms with van der Waals surface area (Å²) in [5.41, 5.74) is 5.32. The molecule has 0 fully saturated rings. The van der Waals surface area contributed by atoms with Crippen LogP contribution in [0, 0.1) is 0 Å². The Morgan fingerprint density at radius 2 is 1.37 bits per heavy atom. The molecule has 5 nitrogen and oxygen atoms in total. The summed E-state index contributed by atoms with van der Waals surface area (Å²) in [6, 6.07) is 44.1. The van der Waals surface area contributed by atoms with Gasteiger partial charge in [-0.2, -0.15) is 0 Å². The molecule has 8 aromatic rings. The van der Waals surface area contributed by atoms with Gasteiger partial charge in [-0.1, -0.05) is 103 Å². The second kappa shape index (κ2) is 9.36. The minimum Gasteiger partial charge on any atom is -0.454 e. The number of aromatic nitrogens is 1. The summed E-state index contributed by atoms with van der Waals surface area (Å²) in [6.45, 7) is 0. The Morgan fingerprint density at radius 1 is 0.605 bits per heavy atom. The number of amidine groups is 2. The first-order chi connectivity index (χ1) is 21.3. The summed E-state index contributed by atoms with van der Waals surface area (Å²) >= 11 is 0. The van der Waals surface area contributed by atoms with Crippen molar-refractivity contribution in [1.29, 1.82) is 0 Å². The highest BCUT2D eigenvalue weighted by molar-refractivity contribution is 6.22. The highest BCUT2D eigenvalue weighted by atomic mass is 16.3. The van der Waals surface area contributed by atoms with Gasteiger partial charge >= 0.3 is 0 Å². The van der Waals surface area contributed by atoms with Gasteiger partial charge in [0.15, 0.2) is 11.4 Å². The van der Waals surface area contributed by atoms with Crippen LogP contribution in [0.5, 0.6) is 0 Å². The summed E-state index contributed by atoms with van der Waals surface area (Å²) in [4.78, 5) is 14.9. The van der Waals surface area contributed by atoms with Crippen LogP contribution in [0.15, 0.2) is 148 Å². The molecular weight excluding hydrogens is 528 g/mol. The predicted molar refractivity (Wildman–Crippen MR) is 176 cm³/mol. The number of fused-ring (bicyclic) bond motifs is 8. The molecule has 0 saturated heterocycles. The lowest BCUT2D eigenvalue weighted by Gasteiger charge is -2.24. The van der Waals surface area contributed by atoms with Gasteiger partial charge in [-0.3, -0.25) is 4.98 Å². The monoisotopic (exact) mass is 552 g/mol. The van der Waals surface area contributed by atoms with Gasteiger partial charge in [0, 0.05) is 17.3 Å². The maximum absolute atomic E-state index is 6.14. The lowest BCUT2D eigenvalue weighted by atomic mass is 9.96. The lowest BCUT2D eigenvalue weighted by molar-refractivity contribution is 0.667. The molecule has 9 rings (SSSR count). The van der Waals surface area contributed by atoms with Crippen molar-refractivity contribution in [1.82, 2.24) is 10.3 Å². The van der Waals surface area contributed by atoms with E-state index in [1.54, 1.807) is 6.20 Å². The molecule has 0 spiro atoms. The third-order valence-corrected chi connectivity index (χ3v) is 8.37. The van der Waals surface area contributed by atoms with Gasteiger partial charge in [0.2, 0.25) is 0 Å². The standard InChI is InChI=1S/C38H24N4O/c1-2-9-24(10-3-1)36-40-37(42-38(41-36)31-12-6-13-32-34(31)35-33(43-32)14-7-21-39-35)26-17-18-28-25(22-26)16-20-29-27-11-5-4-8-23(27)15-19-30(28)29/h1-22,36H,(H,40,41,42). The van der Waals surface area contributed by atoms with E-state index in [4.69, 9.17) is 14.4 Å². The zero-order chi connectivity index (χ0) is 28.3. The molecule has 0 saturated carbocycles. The quantitative estimate of drug-likeness (QED) is 0.223. The van der Waals surface area contributed by atoms with Gasteiger partial charge in [-0.25, -0.2) is 9.98 Å². The zero-order valence-electron chi connectivity index (χ0n) is 23.0. The molecule has 0 bridgehead atoms. The molecule has 202 valence electrons. The number of furan rings is 1. The molecule has 5 heteroatoms. The summed E-state index contributed by atoms with van der Waals surface area (Å²) in [7, 11) is 0. The number of hydrogen-bond donors (Lipinski definition) is 1. The molecule has 43 heavy (non-hydrogen) atoms. The van der Waals surface area contributed by atoms with E-state index < -0.39 is 0 Å². The number of nitrogens with zero attached hydrogens (tertiary/aromatic N) is 3. The molecule has 0 aliphatic carbocycles. The van der Waals surface area contributed by atoms with Crippen molar-refractivity contribution in [2.45, 2.75) is 6.17 Å². The van der Waals surface area contributed by atoms with Gasteiger partial charge in [0.25, 0.3) is 0 Å². The van der Waals surface area contributed by atoms with Crippen molar-refractivity contribution in [2.75, 3.05) is 0 Å². The average molecular weight is 553 g/mol. The van der Waals surface area contributed by atoms with Crippen LogP contribution in [0.4, 0.5) is 0 Å². The van der Waals surface area contributed by atoms with E-state index in [0.717, 1.165) is 50.0 Å². The number of nitrogens with one attached hydrogen (secondary N) is 1. The summed E-state index contributed by atoms with van der Waals surface area (Å²) < 4.78 is 6.14. The van der Waals surface area contributed by atoms with E-state index in [-0.39, 0.29) is 6.17 Å². The normalized spacial score (nSPS) is 15.2. The first kappa shape index (κ1) is 23.9. The van der Waals surface area contributed by atoms with Crippen molar-refractivity contribution in [2.24, 2.45) is 9.98 Å². The van der Waals surface area contributed by atoms with Gasteiger partial charge in [0.1, 0.15) is 23.1 Å². The number of rotatable bonds is 3. The Kier molecular flexibility index (Phi) is 5.19. The van der Waals surface area contributed by atoms with E-state index in [1.165, 1.54) is 26.9 Å². The molecule has 2 aromatic heterocycles. The Morgan fingerprint density at radius 3 is 2.28 bits per heavy atom. The largest absolute Gasteiger partial charge is 0.454 e. The Balaban J connectivity index is 1.23. The van der Waals surface area contributed by atoms with Crippen molar-refractivity contribution in [3.05, 3.63) is 150 Å². The van der Waals surface area contributed by atoms with Gasteiger partial charge in [0.05, 0.1) is 5.39 Å². The maximum atomic E-state index is 6.14. The fraction of sp³-hybridized carbons (Fsp3) is 0.0263. The van der Waals surface area contributed by atoms with Crippen LogP contribution in [-0.4, -0.2) is 16.7 Å². The molecule has 1 unspecified atom stereocenters. The van der Waals surface area contributed by atoms with E-state index >= 15 is 0 Å². The molecule has 1 atom stereocenters.